The number of carbonyl (C=O) groups excluding carboxylic acids is 2. The predicted molar refractivity (Wildman–Crippen MR) is 122 cm³/mol. The van der Waals surface area contributed by atoms with E-state index in [9.17, 15) is 9.59 Å². The third kappa shape index (κ3) is 10.1. The summed E-state index contributed by atoms with van der Waals surface area (Å²) in [4.78, 5) is 29.8. The highest BCUT2D eigenvalue weighted by Crippen LogP contribution is 2.24. The number of nitrogens with one attached hydrogen (secondary N) is 2. The fourth-order valence-electron chi connectivity index (χ4n) is 2.43. The number of rotatable bonds is 5. The normalized spacial score (nSPS) is 12.1. The van der Waals surface area contributed by atoms with Gasteiger partial charge in [0.15, 0.2) is 0 Å². The molecule has 0 fully saturated rings. The van der Waals surface area contributed by atoms with Crippen LogP contribution in [0.4, 0.5) is 15.3 Å². The SMILES string of the molecule is CCNC(=NC(=O)OC(C)(C)C)Nc1ccc(OC)c(CN(C)C(=O)OC(C)(C)C)c1. The van der Waals surface area contributed by atoms with Crippen molar-refractivity contribution < 1.29 is 23.8 Å². The molecule has 9 nitrogen and oxygen atoms in total. The van der Waals surface area contributed by atoms with Crippen LogP contribution in [-0.2, 0) is 16.0 Å². The molecular formula is C22H36N4O5. The second kappa shape index (κ2) is 10.9. The lowest BCUT2D eigenvalue weighted by molar-refractivity contribution is 0.0284. The van der Waals surface area contributed by atoms with Crippen molar-refractivity contribution in [1.82, 2.24) is 10.2 Å². The van der Waals surface area contributed by atoms with Gasteiger partial charge in [-0.15, -0.1) is 4.99 Å². The minimum atomic E-state index is -0.700. The molecule has 0 heterocycles. The smallest absolute Gasteiger partial charge is 0.437 e. The van der Waals surface area contributed by atoms with E-state index in [0.717, 1.165) is 5.56 Å². The highest BCUT2D eigenvalue weighted by atomic mass is 16.6. The fraction of sp³-hybridized carbons (Fsp3) is 0.591. The van der Waals surface area contributed by atoms with E-state index in [1.165, 1.54) is 4.90 Å². The molecule has 2 N–H and O–H groups in total. The Morgan fingerprint density at radius 3 is 2.19 bits per heavy atom. The second-order valence-corrected chi connectivity index (χ2v) is 8.96. The Bertz CT molecular complexity index is 794. The molecule has 2 amide bonds. The number of hydrogen-bond acceptors (Lipinski definition) is 5. The zero-order chi connectivity index (χ0) is 23.8. The molecule has 0 atom stereocenters. The molecule has 0 bridgehead atoms. The van der Waals surface area contributed by atoms with E-state index in [0.29, 0.717) is 18.0 Å². The fourth-order valence-corrected chi connectivity index (χ4v) is 2.43. The van der Waals surface area contributed by atoms with Gasteiger partial charge in [0, 0.05) is 24.8 Å². The summed E-state index contributed by atoms with van der Waals surface area (Å²) in [5.41, 5.74) is 0.195. The lowest BCUT2D eigenvalue weighted by atomic mass is 10.1. The highest BCUT2D eigenvalue weighted by molar-refractivity contribution is 5.99. The quantitative estimate of drug-likeness (QED) is 0.522. The lowest BCUT2D eigenvalue weighted by Crippen LogP contribution is -2.34. The molecule has 0 radical (unpaired) electrons. The molecule has 0 aliphatic heterocycles. The number of ether oxygens (including phenoxy) is 3. The van der Waals surface area contributed by atoms with Crippen molar-refractivity contribution in [3.8, 4) is 5.75 Å². The first kappa shape index (κ1) is 26.1. The van der Waals surface area contributed by atoms with Crippen molar-refractivity contribution in [2.45, 2.75) is 66.2 Å². The largest absolute Gasteiger partial charge is 0.496 e. The van der Waals surface area contributed by atoms with Gasteiger partial charge < -0.3 is 29.7 Å². The van der Waals surface area contributed by atoms with Crippen molar-refractivity contribution in [1.29, 1.82) is 0 Å². The van der Waals surface area contributed by atoms with Gasteiger partial charge in [-0.1, -0.05) is 0 Å². The molecule has 0 aromatic heterocycles. The Hall–Kier alpha value is -2.97. The maximum Gasteiger partial charge on any atom is 0.437 e. The Morgan fingerprint density at radius 1 is 1.06 bits per heavy atom. The first-order valence-corrected chi connectivity index (χ1v) is 10.2. The van der Waals surface area contributed by atoms with Gasteiger partial charge in [0.1, 0.15) is 17.0 Å². The summed E-state index contributed by atoms with van der Waals surface area (Å²) >= 11 is 0. The van der Waals surface area contributed by atoms with Gasteiger partial charge >= 0.3 is 12.2 Å². The summed E-state index contributed by atoms with van der Waals surface area (Å²) in [6, 6.07) is 5.39. The molecular weight excluding hydrogens is 400 g/mol. The first-order valence-electron chi connectivity index (χ1n) is 10.2. The van der Waals surface area contributed by atoms with Crippen LogP contribution in [0.1, 0.15) is 54.0 Å². The van der Waals surface area contributed by atoms with E-state index in [1.807, 2.05) is 33.8 Å². The summed E-state index contributed by atoms with van der Waals surface area (Å²) in [6.45, 7) is 13.5. The summed E-state index contributed by atoms with van der Waals surface area (Å²) in [5, 5.41) is 6.08. The number of carbonyl (C=O) groups is 2. The zero-order valence-corrected chi connectivity index (χ0v) is 20.1. The van der Waals surface area contributed by atoms with Crippen LogP contribution in [0.2, 0.25) is 0 Å². The van der Waals surface area contributed by atoms with Crippen molar-refractivity contribution in [3.63, 3.8) is 0 Å². The first-order chi connectivity index (χ1) is 14.2. The topological polar surface area (TPSA) is 101 Å². The van der Waals surface area contributed by atoms with Gasteiger partial charge in [0.05, 0.1) is 13.7 Å². The monoisotopic (exact) mass is 436 g/mol. The predicted octanol–water partition coefficient (Wildman–Crippen LogP) is 4.37. The summed E-state index contributed by atoms with van der Waals surface area (Å²) in [7, 11) is 3.22. The van der Waals surface area contributed by atoms with E-state index in [-0.39, 0.29) is 12.5 Å². The van der Waals surface area contributed by atoms with Crippen LogP contribution in [0.15, 0.2) is 23.2 Å². The van der Waals surface area contributed by atoms with Crippen LogP contribution in [0, 0.1) is 0 Å². The summed E-state index contributed by atoms with van der Waals surface area (Å²) in [6.07, 6.45) is -1.14. The number of benzene rings is 1. The van der Waals surface area contributed by atoms with E-state index in [4.69, 9.17) is 14.2 Å². The van der Waals surface area contributed by atoms with E-state index in [2.05, 4.69) is 15.6 Å². The van der Waals surface area contributed by atoms with Crippen LogP contribution in [0.3, 0.4) is 0 Å². The lowest BCUT2D eigenvalue weighted by Gasteiger charge is -2.25. The third-order valence-corrected chi connectivity index (χ3v) is 3.60. The van der Waals surface area contributed by atoms with Crippen LogP contribution < -0.4 is 15.4 Å². The molecule has 0 saturated heterocycles. The number of hydrogen-bond donors (Lipinski definition) is 2. The molecule has 31 heavy (non-hydrogen) atoms. The van der Waals surface area contributed by atoms with Crippen molar-refractivity contribution >= 4 is 23.8 Å². The standard InChI is InChI=1S/C22H36N4O5/c1-10-23-18(25-19(27)30-21(2,3)4)24-16-11-12-17(29-9)15(13-16)14-26(8)20(28)31-22(5,6)7/h11-13H,10,14H2,1-9H3,(H2,23,24,25,27). The van der Waals surface area contributed by atoms with Gasteiger partial charge in [-0.3, -0.25) is 0 Å². The van der Waals surface area contributed by atoms with Crippen molar-refractivity contribution in [2.75, 3.05) is 26.0 Å². The van der Waals surface area contributed by atoms with Crippen molar-refractivity contribution in [3.05, 3.63) is 23.8 Å². The highest BCUT2D eigenvalue weighted by Gasteiger charge is 2.21. The number of guanidine groups is 1. The van der Waals surface area contributed by atoms with Crippen molar-refractivity contribution in [2.24, 2.45) is 4.99 Å². The van der Waals surface area contributed by atoms with E-state index >= 15 is 0 Å². The van der Waals surface area contributed by atoms with Gasteiger partial charge in [-0.25, -0.2) is 9.59 Å². The molecule has 9 heteroatoms. The number of methoxy groups -OCH3 is 1. The minimum absolute atomic E-state index is 0.258. The Balaban J connectivity index is 3.05. The average Bonchev–Trinajstić information content (AvgIpc) is 2.59. The molecule has 0 unspecified atom stereocenters. The van der Waals surface area contributed by atoms with E-state index < -0.39 is 23.4 Å². The Morgan fingerprint density at radius 2 is 1.68 bits per heavy atom. The van der Waals surface area contributed by atoms with Crippen LogP contribution in [0.25, 0.3) is 0 Å². The van der Waals surface area contributed by atoms with Crippen LogP contribution in [-0.4, -0.2) is 55.0 Å². The summed E-state index contributed by atoms with van der Waals surface area (Å²) < 4.78 is 16.1. The molecule has 0 aliphatic rings. The molecule has 0 saturated carbocycles. The molecule has 0 spiro atoms. The minimum Gasteiger partial charge on any atom is -0.496 e. The molecule has 1 rings (SSSR count). The molecule has 1 aromatic carbocycles. The zero-order valence-electron chi connectivity index (χ0n) is 20.1. The second-order valence-electron chi connectivity index (χ2n) is 8.96. The molecule has 1 aromatic rings. The number of aliphatic imine (C=N–C) groups is 1. The van der Waals surface area contributed by atoms with Gasteiger partial charge in [0.2, 0.25) is 5.96 Å². The van der Waals surface area contributed by atoms with Gasteiger partial charge in [-0.2, -0.15) is 0 Å². The van der Waals surface area contributed by atoms with Gasteiger partial charge in [0.25, 0.3) is 0 Å². The third-order valence-electron chi connectivity index (χ3n) is 3.60. The van der Waals surface area contributed by atoms with E-state index in [1.54, 1.807) is 47.1 Å². The maximum atomic E-state index is 12.3. The molecule has 0 aliphatic carbocycles. The maximum absolute atomic E-state index is 12.3. The Labute approximate surface area is 185 Å². The molecule has 174 valence electrons. The average molecular weight is 437 g/mol. The number of amides is 2. The number of nitrogens with zero attached hydrogens (tertiary/aromatic N) is 2. The number of anilines is 1. The summed E-state index contributed by atoms with van der Waals surface area (Å²) in [5.74, 6) is 0.878. The van der Waals surface area contributed by atoms with Gasteiger partial charge in [-0.05, 0) is 66.7 Å². The van der Waals surface area contributed by atoms with Crippen LogP contribution in [0.5, 0.6) is 5.75 Å². The Kier molecular flexibility index (Phi) is 9.15. The van der Waals surface area contributed by atoms with Crippen LogP contribution >= 0.6 is 0 Å².